The van der Waals surface area contributed by atoms with Crippen LogP contribution in [-0.2, 0) is 6.54 Å². The zero-order valence-electron chi connectivity index (χ0n) is 13.1. The van der Waals surface area contributed by atoms with Gasteiger partial charge in [0.1, 0.15) is 0 Å². The third kappa shape index (κ3) is 4.53. The van der Waals surface area contributed by atoms with Gasteiger partial charge in [0.05, 0.1) is 11.3 Å². The van der Waals surface area contributed by atoms with Gasteiger partial charge in [0.2, 0.25) is 0 Å². The third-order valence-electron chi connectivity index (χ3n) is 3.46. The predicted molar refractivity (Wildman–Crippen MR) is 86.3 cm³/mol. The molecule has 2 aromatic rings. The summed E-state index contributed by atoms with van der Waals surface area (Å²) in [7, 11) is 1.71. The van der Waals surface area contributed by atoms with E-state index in [4.69, 9.17) is 0 Å². The number of benzene rings is 1. The molecule has 1 aromatic carbocycles. The molecule has 8 nitrogen and oxygen atoms in total. The minimum Gasteiger partial charge on any atom is -0.337 e. The van der Waals surface area contributed by atoms with E-state index in [1.165, 1.54) is 12.1 Å². The van der Waals surface area contributed by atoms with Gasteiger partial charge < -0.3 is 14.8 Å². The number of nitro benzene ring substituents is 1. The molecule has 0 aliphatic heterocycles. The van der Waals surface area contributed by atoms with Gasteiger partial charge in [-0.3, -0.25) is 10.1 Å². The number of amides is 2. The molecule has 0 saturated heterocycles. The first-order chi connectivity index (χ1) is 11.0. The van der Waals surface area contributed by atoms with Crippen LogP contribution in [0.2, 0.25) is 0 Å². The van der Waals surface area contributed by atoms with E-state index in [2.05, 4.69) is 10.3 Å². The average Bonchev–Trinajstić information content (AvgIpc) is 3.00. The topological polar surface area (TPSA) is 93.3 Å². The molecule has 8 heteroatoms. The lowest BCUT2D eigenvalue weighted by atomic mass is 10.2. The van der Waals surface area contributed by atoms with E-state index in [1.807, 2.05) is 10.8 Å². The molecule has 0 saturated carbocycles. The number of hydrogen-bond donors (Lipinski definition) is 1. The average molecular weight is 317 g/mol. The molecule has 0 aliphatic rings. The smallest absolute Gasteiger partial charge is 0.321 e. The van der Waals surface area contributed by atoms with Crippen molar-refractivity contribution in [2.24, 2.45) is 0 Å². The van der Waals surface area contributed by atoms with Crippen LogP contribution in [0.5, 0.6) is 0 Å². The molecule has 0 bridgehead atoms. The third-order valence-corrected chi connectivity index (χ3v) is 3.46. The number of carbonyl (C=O) groups is 1. The van der Waals surface area contributed by atoms with E-state index in [0.29, 0.717) is 17.8 Å². The maximum absolute atomic E-state index is 12.1. The van der Waals surface area contributed by atoms with Gasteiger partial charge in [0, 0.05) is 49.8 Å². The van der Waals surface area contributed by atoms with Gasteiger partial charge in [0.25, 0.3) is 5.69 Å². The number of aromatic nitrogens is 2. The van der Waals surface area contributed by atoms with Crippen molar-refractivity contribution in [2.45, 2.75) is 19.9 Å². The van der Waals surface area contributed by atoms with Gasteiger partial charge in [-0.1, -0.05) is 0 Å². The van der Waals surface area contributed by atoms with Crippen molar-refractivity contribution in [1.29, 1.82) is 0 Å². The van der Waals surface area contributed by atoms with E-state index < -0.39 is 4.92 Å². The Morgan fingerprint density at radius 1 is 1.48 bits per heavy atom. The number of carbonyl (C=O) groups excluding carboxylic acids is 1. The van der Waals surface area contributed by atoms with Crippen LogP contribution < -0.4 is 5.32 Å². The molecule has 1 N–H and O–H groups in total. The first kappa shape index (κ1) is 16.5. The van der Waals surface area contributed by atoms with Gasteiger partial charge in [0.15, 0.2) is 0 Å². The Kier molecular flexibility index (Phi) is 5.29. The molecular formula is C15H19N5O3. The summed E-state index contributed by atoms with van der Waals surface area (Å²) in [6.45, 7) is 3.02. The highest BCUT2D eigenvalue weighted by Gasteiger charge is 2.13. The van der Waals surface area contributed by atoms with Crippen molar-refractivity contribution in [3.8, 4) is 0 Å². The first-order valence-corrected chi connectivity index (χ1v) is 7.20. The Bertz CT molecular complexity index is 684. The number of aryl methyl sites for hydroxylation is 2. The standard InChI is InChI=1S/C15H19N5O3/c1-12-10-13(4-5-14(12)20(22)23)17-15(21)18(2)7-3-8-19-9-6-16-11-19/h4-6,9-11H,3,7-8H2,1-2H3,(H,17,21). The number of nitrogens with zero attached hydrogens (tertiary/aromatic N) is 4. The summed E-state index contributed by atoms with van der Waals surface area (Å²) in [5, 5.41) is 13.5. The van der Waals surface area contributed by atoms with E-state index in [1.54, 1.807) is 37.5 Å². The maximum Gasteiger partial charge on any atom is 0.321 e. The minimum absolute atomic E-state index is 0.0386. The van der Waals surface area contributed by atoms with E-state index in [-0.39, 0.29) is 11.7 Å². The second-order valence-electron chi connectivity index (χ2n) is 5.26. The highest BCUT2D eigenvalue weighted by Crippen LogP contribution is 2.21. The van der Waals surface area contributed by atoms with Crippen LogP contribution in [0.3, 0.4) is 0 Å². The second kappa shape index (κ2) is 7.39. The molecule has 0 unspecified atom stereocenters. The normalized spacial score (nSPS) is 10.3. The van der Waals surface area contributed by atoms with Gasteiger partial charge in [-0.25, -0.2) is 9.78 Å². The van der Waals surface area contributed by atoms with Crippen LogP contribution in [0.15, 0.2) is 36.9 Å². The summed E-state index contributed by atoms with van der Waals surface area (Å²) >= 11 is 0. The largest absolute Gasteiger partial charge is 0.337 e. The quantitative estimate of drug-likeness (QED) is 0.654. The molecule has 2 amide bonds. The zero-order chi connectivity index (χ0) is 16.8. The van der Waals surface area contributed by atoms with Crippen molar-refractivity contribution in [3.63, 3.8) is 0 Å². The molecule has 0 spiro atoms. The molecule has 0 atom stereocenters. The molecule has 0 aliphatic carbocycles. The number of nitrogens with one attached hydrogen (secondary N) is 1. The van der Waals surface area contributed by atoms with Crippen LogP contribution in [0.4, 0.5) is 16.2 Å². The lowest BCUT2D eigenvalue weighted by molar-refractivity contribution is -0.385. The van der Waals surface area contributed by atoms with Crippen molar-refractivity contribution < 1.29 is 9.72 Å². The van der Waals surface area contributed by atoms with Gasteiger partial charge in [-0.05, 0) is 25.5 Å². The molecule has 1 aromatic heterocycles. The molecule has 0 fully saturated rings. The van der Waals surface area contributed by atoms with E-state index in [9.17, 15) is 14.9 Å². The summed E-state index contributed by atoms with van der Waals surface area (Å²) in [5.74, 6) is 0. The van der Waals surface area contributed by atoms with Crippen LogP contribution in [0.25, 0.3) is 0 Å². The van der Waals surface area contributed by atoms with Crippen molar-refractivity contribution >= 4 is 17.4 Å². The predicted octanol–water partition coefficient (Wildman–Crippen LogP) is 2.65. The number of urea groups is 1. The Hall–Kier alpha value is -2.90. The second-order valence-corrected chi connectivity index (χ2v) is 5.26. The number of imidazole rings is 1. The molecule has 2 rings (SSSR count). The fourth-order valence-corrected chi connectivity index (χ4v) is 2.17. The van der Waals surface area contributed by atoms with Crippen LogP contribution in [0, 0.1) is 17.0 Å². The summed E-state index contributed by atoms with van der Waals surface area (Å²) in [6, 6.07) is 4.27. The Morgan fingerprint density at radius 3 is 2.87 bits per heavy atom. The molecule has 0 radical (unpaired) electrons. The van der Waals surface area contributed by atoms with Gasteiger partial charge in [-0.2, -0.15) is 0 Å². The Balaban J connectivity index is 1.85. The van der Waals surface area contributed by atoms with Crippen molar-refractivity contribution in [2.75, 3.05) is 18.9 Å². The summed E-state index contributed by atoms with van der Waals surface area (Å²) < 4.78 is 1.95. The SMILES string of the molecule is Cc1cc(NC(=O)N(C)CCCn2ccnc2)ccc1[N+](=O)[O-]. The fraction of sp³-hybridized carbons (Fsp3) is 0.333. The lowest BCUT2D eigenvalue weighted by Gasteiger charge is -2.18. The minimum atomic E-state index is -0.441. The molecule has 23 heavy (non-hydrogen) atoms. The van der Waals surface area contributed by atoms with Crippen LogP contribution >= 0.6 is 0 Å². The Morgan fingerprint density at radius 2 is 2.26 bits per heavy atom. The summed E-state index contributed by atoms with van der Waals surface area (Å²) in [5.41, 5.74) is 1.09. The number of hydrogen-bond acceptors (Lipinski definition) is 4. The monoisotopic (exact) mass is 317 g/mol. The van der Waals surface area contributed by atoms with Gasteiger partial charge >= 0.3 is 6.03 Å². The zero-order valence-corrected chi connectivity index (χ0v) is 13.1. The summed E-state index contributed by atoms with van der Waals surface area (Å²) in [6.07, 6.45) is 6.13. The highest BCUT2D eigenvalue weighted by molar-refractivity contribution is 5.89. The summed E-state index contributed by atoms with van der Waals surface area (Å²) in [4.78, 5) is 28.0. The maximum atomic E-state index is 12.1. The van der Waals surface area contributed by atoms with Crippen molar-refractivity contribution in [1.82, 2.24) is 14.5 Å². The van der Waals surface area contributed by atoms with Gasteiger partial charge in [-0.15, -0.1) is 0 Å². The molecular weight excluding hydrogens is 298 g/mol. The fourth-order valence-electron chi connectivity index (χ4n) is 2.17. The number of rotatable bonds is 6. The lowest BCUT2D eigenvalue weighted by Crippen LogP contribution is -2.32. The van der Waals surface area contributed by atoms with E-state index >= 15 is 0 Å². The van der Waals surface area contributed by atoms with Crippen LogP contribution in [0.1, 0.15) is 12.0 Å². The van der Waals surface area contributed by atoms with Crippen LogP contribution in [-0.4, -0.2) is 39.0 Å². The number of nitro groups is 1. The Labute approximate surface area is 133 Å². The molecule has 1 heterocycles. The number of anilines is 1. The van der Waals surface area contributed by atoms with Crippen molar-refractivity contribution in [3.05, 3.63) is 52.6 Å². The highest BCUT2D eigenvalue weighted by atomic mass is 16.6. The van der Waals surface area contributed by atoms with E-state index in [0.717, 1.165) is 13.0 Å². The first-order valence-electron chi connectivity index (χ1n) is 7.20. The molecule has 122 valence electrons.